The predicted molar refractivity (Wildman–Crippen MR) is 80.7 cm³/mol. The van der Waals surface area contributed by atoms with Crippen LogP contribution >= 0.6 is 0 Å². The number of carbonyl (C=O) groups is 1. The highest BCUT2D eigenvalue weighted by Crippen LogP contribution is 2.21. The zero-order valence-corrected chi connectivity index (χ0v) is 12.0. The number of amides is 1. The largest absolute Gasteiger partial charge is 0.326 e. The Balaban J connectivity index is 1.74. The summed E-state index contributed by atoms with van der Waals surface area (Å²) in [4.78, 5) is 12.2. The summed E-state index contributed by atoms with van der Waals surface area (Å²) in [5.41, 5.74) is 1.74. The number of piperidine rings is 1. The third-order valence-electron chi connectivity index (χ3n) is 3.77. The van der Waals surface area contributed by atoms with Gasteiger partial charge in [0.1, 0.15) is 6.33 Å². The van der Waals surface area contributed by atoms with Crippen LogP contribution in [0.1, 0.15) is 12.8 Å². The van der Waals surface area contributed by atoms with E-state index in [1.54, 1.807) is 6.33 Å². The van der Waals surface area contributed by atoms with E-state index < -0.39 is 0 Å². The number of hydrogen-bond acceptors (Lipinski definition) is 4. The van der Waals surface area contributed by atoms with Gasteiger partial charge < -0.3 is 15.2 Å². The summed E-state index contributed by atoms with van der Waals surface area (Å²) in [5, 5.41) is 14.2. The summed E-state index contributed by atoms with van der Waals surface area (Å²) in [6, 6.07) is 7.70. The number of nitrogens with zero attached hydrogens (tertiary/aromatic N) is 3. The molecule has 1 aliphatic heterocycles. The molecular weight excluding hydrogens is 266 g/mol. The Morgan fingerprint density at radius 3 is 3.10 bits per heavy atom. The second kappa shape index (κ2) is 6.05. The fourth-order valence-corrected chi connectivity index (χ4v) is 2.60. The molecule has 1 aromatic heterocycles. The van der Waals surface area contributed by atoms with Crippen LogP contribution in [0.25, 0.3) is 11.4 Å². The molecule has 2 heterocycles. The number of hydrogen-bond donors (Lipinski definition) is 2. The van der Waals surface area contributed by atoms with Crippen molar-refractivity contribution in [3.8, 4) is 11.4 Å². The molecule has 3 rings (SSSR count). The Morgan fingerprint density at radius 1 is 1.48 bits per heavy atom. The first kappa shape index (κ1) is 13.8. The van der Waals surface area contributed by atoms with Crippen LogP contribution in [0.5, 0.6) is 0 Å². The van der Waals surface area contributed by atoms with Crippen LogP contribution in [0.15, 0.2) is 30.6 Å². The highest BCUT2D eigenvalue weighted by atomic mass is 16.1. The molecule has 1 fully saturated rings. The standard InChI is InChI=1S/C15H19N5O/c1-20-10-17-19-14(20)11-4-2-6-13(8-11)18-15(21)12-5-3-7-16-9-12/h2,4,6,8,10,12,16H,3,5,7,9H2,1H3,(H,18,21)/t12-/m1/s1. The number of aromatic nitrogens is 3. The lowest BCUT2D eigenvalue weighted by Gasteiger charge is -2.22. The summed E-state index contributed by atoms with van der Waals surface area (Å²) in [5.74, 6) is 0.917. The van der Waals surface area contributed by atoms with E-state index in [0.717, 1.165) is 43.0 Å². The molecule has 1 aromatic carbocycles. The molecule has 0 aliphatic carbocycles. The second-order valence-corrected chi connectivity index (χ2v) is 5.38. The van der Waals surface area contributed by atoms with Gasteiger partial charge in [0.05, 0.1) is 5.92 Å². The van der Waals surface area contributed by atoms with Crippen LogP contribution in [0.3, 0.4) is 0 Å². The van der Waals surface area contributed by atoms with Gasteiger partial charge >= 0.3 is 0 Å². The van der Waals surface area contributed by atoms with Crippen molar-refractivity contribution in [1.29, 1.82) is 0 Å². The number of aryl methyl sites for hydroxylation is 1. The molecule has 6 nitrogen and oxygen atoms in total. The van der Waals surface area contributed by atoms with Crippen molar-refractivity contribution < 1.29 is 4.79 Å². The molecule has 0 radical (unpaired) electrons. The van der Waals surface area contributed by atoms with Crippen molar-refractivity contribution in [2.45, 2.75) is 12.8 Å². The molecule has 1 amide bonds. The normalized spacial score (nSPS) is 18.4. The zero-order chi connectivity index (χ0) is 14.7. The van der Waals surface area contributed by atoms with Gasteiger partial charge in [0, 0.05) is 24.8 Å². The maximum Gasteiger partial charge on any atom is 0.228 e. The molecule has 6 heteroatoms. The van der Waals surface area contributed by atoms with Gasteiger partial charge in [-0.15, -0.1) is 10.2 Å². The molecule has 21 heavy (non-hydrogen) atoms. The lowest BCUT2D eigenvalue weighted by Crippen LogP contribution is -2.37. The Kier molecular flexibility index (Phi) is 3.96. The molecular formula is C15H19N5O. The van der Waals surface area contributed by atoms with E-state index in [4.69, 9.17) is 0 Å². The Bertz CT molecular complexity index is 630. The third-order valence-corrected chi connectivity index (χ3v) is 3.77. The van der Waals surface area contributed by atoms with Gasteiger partial charge in [-0.3, -0.25) is 4.79 Å². The van der Waals surface area contributed by atoms with E-state index in [9.17, 15) is 4.79 Å². The van der Waals surface area contributed by atoms with Gasteiger partial charge in [-0.25, -0.2) is 0 Å². The van der Waals surface area contributed by atoms with Crippen molar-refractivity contribution >= 4 is 11.6 Å². The number of nitrogens with one attached hydrogen (secondary N) is 2. The van der Waals surface area contributed by atoms with Crippen molar-refractivity contribution in [2.75, 3.05) is 18.4 Å². The minimum atomic E-state index is 0.0530. The first-order valence-electron chi connectivity index (χ1n) is 7.20. The quantitative estimate of drug-likeness (QED) is 0.894. The first-order valence-corrected chi connectivity index (χ1v) is 7.20. The molecule has 1 saturated heterocycles. The third kappa shape index (κ3) is 3.11. The highest BCUT2D eigenvalue weighted by Gasteiger charge is 2.20. The number of benzene rings is 1. The van der Waals surface area contributed by atoms with E-state index in [-0.39, 0.29) is 11.8 Å². The van der Waals surface area contributed by atoms with Crippen molar-refractivity contribution in [3.63, 3.8) is 0 Å². The summed E-state index contributed by atoms with van der Waals surface area (Å²) < 4.78 is 1.85. The lowest BCUT2D eigenvalue weighted by molar-refractivity contribution is -0.120. The van der Waals surface area contributed by atoms with E-state index in [1.807, 2.05) is 35.9 Å². The van der Waals surface area contributed by atoms with Crippen molar-refractivity contribution in [3.05, 3.63) is 30.6 Å². The number of carbonyl (C=O) groups excluding carboxylic acids is 1. The molecule has 1 atom stereocenters. The fourth-order valence-electron chi connectivity index (χ4n) is 2.60. The van der Waals surface area contributed by atoms with Crippen LogP contribution in [-0.4, -0.2) is 33.8 Å². The van der Waals surface area contributed by atoms with Crippen molar-refractivity contribution in [1.82, 2.24) is 20.1 Å². The van der Waals surface area contributed by atoms with E-state index in [2.05, 4.69) is 20.8 Å². The molecule has 0 saturated carbocycles. The summed E-state index contributed by atoms with van der Waals surface area (Å²) in [6.07, 6.45) is 3.66. The van der Waals surface area contributed by atoms with Gasteiger partial charge in [0.25, 0.3) is 0 Å². The van der Waals surface area contributed by atoms with Crippen LogP contribution in [-0.2, 0) is 11.8 Å². The summed E-state index contributed by atoms with van der Waals surface area (Å²) >= 11 is 0. The Labute approximate surface area is 123 Å². The van der Waals surface area contributed by atoms with Gasteiger partial charge in [-0.2, -0.15) is 0 Å². The molecule has 2 N–H and O–H groups in total. The Hall–Kier alpha value is -2.21. The van der Waals surface area contributed by atoms with Gasteiger partial charge in [-0.1, -0.05) is 12.1 Å². The maximum atomic E-state index is 12.2. The fraction of sp³-hybridized carbons (Fsp3) is 0.400. The van der Waals surface area contributed by atoms with Gasteiger partial charge in [0.2, 0.25) is 5.91 Å². The topological polar surface area (TPSA) is 71.8 Å². The highest BCUT2D eigenvalue weighted by molar-refractivity contribution is 5.93. The van der Waals surface area contributed by atoms with E-state index in [0.29, 0.717) is 0 Å². The minimum Gasteiger partial charge on any atom is -0.326 e. The van der Waals surface area contributed by atoms with E-state index in [1.165, 1.54) is 0 Å². The monoisotopic (exact) mass is 285 g/mol. The molecule has 0 bridgehead atoms. The lowest BCUT2D eigenvalue weighted by atomic mass is 9.99. The van der Waals surface area contributed by atoms with Crippen LogP contribution < -0.4 is 10.6 Å². The minimum absolute atomic E-state index is 0.0530. The Morgan fingerprint density at radius 2 is 2.38 bits per heavy atom. The van der Waals surface area contributed by atoms with Crippen LogP contribution in [0, 0.1) is 5.92 Å². The van der Waals surface area contributed by atoms with Crippen molar-refractivity contribution in [2.24, 2.45) is 13.0 Å². The predicted octanol–water partition coefficient (Wildman–Crippen LogP) is 1.42. The number of anilines is 1. The average Bonchev–Trinajstić information content (AvgIpc) is 2.94. The molecule has 110 valence electrons. The van der Waals surface area contributed by atoms with E-state index >= 15 is 0 Å². The molecule has 0 spiro atoms. The van der Waals surface area contributed by atoms with Crippen LogP contribution in [0.2, 0.25) is 0 Å². The summed E-state index contributed by atoms with van der Waals surface area (Å²) in [7, 11) is 1.90. The zero-order valence-electron chi connectivity index (χ0n) is 12.0. The maximum absolute atomic E-state index is 12.2. The number of rotatable bonds is 3. The summed E-state index contributed by atoms with van der Waals surface area (Å²) in [6.45, 7) is 1.76. The molecule has 0 unspecified atom stereocenters. The smallest absolute Gasteiger partial charge is 0.228 e. The SMILES string of the molecule is Cn1cnnc1-c1cccc(NC(=O)[C@@H]2CCCNC2)c1. The van der Waals surface area contributed by atoms with Gasteiger partial charge in [-0.05, 0) is 31.5 Å². The van der Waals surface area contributed by atoms with Crippen LogP contribution in [0.4, 0.5) is 5.69 Å². The molecule has 1 aliphatic rings. The first-order chi connectivity index (χ1) is 10.2. The molecule has 2 aromatic rings. The average molecular weight is 285 g/mol. The van der Waals surface area contributed by atoms with Gasteiger partial charge in [0.15, 0.2) is 5.82 Å². The second-order valence-electron chi connectivity index (χ2n) is 5.38.